The van der Waals surface area contributed by atoms with Gasteiger partial charge in [-0.05, 0) is 48.0 Å². The zero-order valence-corrected chi connectivity index (χ0v) is 16.6. The number of methoxy groups -OCH3 is 1. The monoisotopic (exact) mass is 400 g/mol. The fourth-order valence-corrected chi connectivity index (χ4v) is 3.28. The van der Waals surface area contributed by atoms with Crippen LogP contribution < -0.4 is 10.5 Å². The third-order valence-electron chi connectivity index (χ3n) is 4.96. The van der Waals surface area contributed by atoms with Gasteiger partial charge in [0.25, 0.3) is 5.91 Å². The number of rotatable bonds is 5. The molecule has 4 aromatic rings. The normalized spacial score (nSPS) is 11.9. The summed E-state index contributed by atoms with van der Waals surface area (Å²) in [5.74, 6) is -0.536. The van der Waals surface area contributed by atoms with E-state index >= 15 is 0 Å². The smallest absolute Gasteiger partial charge is 0.339 e. The molecule has 0 radical (unpaired) electrons. The second-order valence-corrected chi connectivity index (χ2v) is 6.95. The molecule has 6 heteroatoms. The highest BCUT2D eigenvalue weighted by atomic mass is 16.5. The average molecular weight is 400 g/mol. The molecule has 1 aromatic heterocycles. The van der Waals surface area contributed by atoms with E-state index in [0.29, 0.717) is 22.2 Å². The highest BCUT2D eigenvalue weighted by molar-refractivity contribution is 6.05. The summed E-state index contributed by atoms with van der Waals surface area (Å²) in [6, 6.07) is 20.8. The van der Waals surface area contributed by atoms with Crippen LogP contribution in [0.15, 0.2) is 66.7 Å². The topological polar surface area (TPSA) is 91.5 Å². The second-order valence-electron chi connectivity index (χ2n) is 6.95. The molecule has 3 aromatic carbocycles. The van der Waals surface area contributed by atoms with Crippen molar-refractivity contribution in [3.63, 3.8) is 0 Å². The fraction of sp³-hybridized carbons (Fsp3) is 0.125. The molecule has 0 aliphatic carbocycles. The lowest BCUT2D eigenvalue weighted by molar-refractivity contribution is -0.125. The van der Waals surface area contributed by atoms with E-state index in [0.717, 1.165) is 22.1 Å². The lowest BCUT2D eigenvalue weighted by Gasteiger charge is -2.13. The molecule has 0 fully saturated rings. The summed E-state index contributed by atoms with van der Waals surface area (Å²) in [7, 11) is 1.63. The Labute approximate surface area is 173 Å². The van der Waals surface area contributed by atoms with Crippen molar-refractivity contribution in [2.75, 3.05) is 7.11 Å². The Morgan fingerprint density at radius 2 is 1.70 bits per heavy atom. The minimum atomic E-state index is -1.02. The highest BCUT2D eigenvalue weighted by Crippen LogP contribution is 2.29. The van der Waals surface area contributed by atoms with Crippen molar-refractivity contribution in [3.8, 4) is 17.0 Å². The molecule has 1 atom stereocenters. The van der Waals surface area contributed by atoms with Crippen molar-refractivity contribution < 1.29 is 19.1 Å². The van der Waals surface area contributed by atoms with Crippen LogP contribution in [0.4, 0.5) is 0 Å². The number of amides is 1. The van der Waals surface area contributed by atoms with Crippen molar-refractivity contribution in [3.05, 3.63) is 72.3 Å². The quantitative estimate of drug-likeness (QED) is 0.510. The maximum Gasteiger partial charge on any atom is 0.339 e. The molecule has 0 spiro atoms. The van der Waals surface area contributed by atoms with Gasteiger partial charge in [0.2, 0.25) is 0 Å². The molecule has 0 aliphatic rings. The maximum absolute atomic E-state index is 12.8. The number of fused-ring (bicyclic) bond motifs is 2. The van der Waals surface area contributed by atoms with E-state index in [1.165, 1.54) is 6.92 Å². The number of hydrogen-bond acceptors (Lipinski definition) is 5. The van der Waals surface area contributed by atoms with Crippen molar-refractivity contribution in [2.24, 2.45) is 5.73 Å². The lowest BCUT2D eigenvalue weighted by atomic mass is 10.0. The Morgan fingerprint density at radius 1 is 0.967 bits per heavy atom. The molecule has 30 heavy (non-hydrogen) atoms. The zero-order valence-electron chi connectivity index (χ0n) is 16.6. The second kappa shape index (κ2) is 7.83. The number of aromatic nitrogens is 1. The average Bonchev–Trinajstić information content (AvgIpc) is 2.77. The Kier molecular flexibility index (Phi) is 5.06. The third kappa shape index (κ3) is 3.67. The predicted molar refractivity (Wildman–Crippen MR) is 115 cm³/mol. The third-order valence-corrected chi connectivity index (χ3v) is 4.96. The Bertz CT molecular complexity index is 1280. The largest absolute Gasteiger partial charge is 0.497 e. The van der Waals surface area contributed by atoms with Crippen molar-refractivity contribution in [2.45, 2.75) is 13.0 Å². The molecule has 6 nitrogen and oxygen atoms in total. The van der Waals surface area contributed by atoms with Gasteiger partial charge in [0.15, 0.2) is 6.10 Å². The summed E-state index contributed by atoms with van der Waals surface area (Å²) in [5.41, 5.74) is 7.71. The van der Waals surface area contributed by atoms with Gasteiger partial charge in [0, 0.05) is 10.9 Å². The van der Waals surface area contributed by atoms with Crippen molar-refractivity contribution in [1.29, 1.82) is 0 Å². The predicted octanol–water partition coefficient (Wildman–Crippen LogP) is 4.09. The molecule has 0 unspecified atom stereocenters. The van der Waals surface area contributed by atoms with Crippen LogP contribution in [0.25, 0.3) is 32.9 Å². The Balaban J connectivity index is 1.82. The first-order chi connectivity index (χ1) is 14.5. The molecule has 4 rings (SSSR count). The van der Waals surface area contributed by atoms with Gasteiger partial charge in [-0.3, -0.25) is 4.79 Å². The van der Waals surface area contributed by atoms with Gasteiger partial charge in [0.05, 0.1) is 23.9 Å². The van der Waals surface area contributed by atoms with Crippen molar-refractivity contribution >= 4 is 33.6 Å². The van der Waals surface area contributed by atoms with E-state index in [9.17, 15) is 9.59 Å². The summed E-state index contributed by atoms with van der Waals surface area (Å²) in [4.78, 5) is 28.8. The highest BCUT2D eigenvalue weighted by Gasteiger charge is 2.20. The van der Waals surface area contributed by atoms with Gasteiger partial charge in [-0.2, -0.15) is 0 Å². The number of hydrogen-bond donors (Lipinski definition) is 1. The Morgan fingerprint density at radius 3 is 2.47 bits per heavy atom. The van der Waals surface area contributed by atoms with Gasteiger partial charge in [-0.15, -0.1) is 0 Å². The fourth-order valence-electron chi connectivity index (χ4n) is 3.28. The molecular formula is C24H20N2O4. The van der Waals surface area contributed by atoms with Gasteiger partial charge < -0.3 is 15.2 Å². The minimum Gasteiger partial charge on any atom is -0.497 e. The van der Waals surface area contributed by atoms with Gasteiger partial charge in [-0.25, -0.2) is 9.78 Å². The van der Waals surface area contributed by atoms with Crippen LogP contribution in [0.1, 0.15) is 17.3 Å². The molecular weight excluding hydrogens is 380 g/mol. The number of nitrogens with zero attached hydrogens (tertiary/aromatic N) is 1. The summed E-state index contributed by atoms with van der Waals surface area (Å²) >= 11 is 0. The molecule has 0 aliphatic heterocycles. The SMILES string of the molecule is COc1ccc2cc(-c3cc(C(=O)O[C@H](C)C(N)=O)c4ccccc4n3)ccc2c1. The van der Waals surface area contributed by atoms with Gasteiger partial charge in [0.1, 0.15) is 5.75 Å². The maximum atomic E-state index is 12.8. The first-order valence-electron chi connectivity index (χ1n) is 9.44. The van der Waals surface area contributed by atoms with Crippen LogP contribution in [0.5, 0.6) is 5.75 Å². The minimum absolute atomic E-state index is 0.332. The number of carbonyl (C=O) groups excluding carboxylic acids is 2. The molecule has 150 valence electrons. The molecule has 0 bridgehead atoms. The first kappa shape index (κ1) is 19.4. The Hall–Kier alpha value is -3.93. The van der Waals surface area contributed by atoms with Crippen molar-refractivity contribution in [1.82, 2.24) is 4.98 Å². The van der Waals surface area contributed by atoms with Gasteiger partial charge >= 0.3 is 5.97 Å². The number of benzene rings is 3. The van der Waals surface area contributed by atoms with Crippen LogP contribution in [0.2, 0.25) is 0 Å². The number of nitrogens with two attached hydrogens (primary N) is 1. The number of para-hydroxylation sites is 1. The van der Waals surface area contributed by atoms with E-state index in [2.05, 4.69) is 0 Å². The molecule has 0 saturated heterocycles. The van der Waals surface area contributed by atoms with E-state index in [1.54, 1.807) is 19.2 Å². The van der Waals surface area contributed by atoms with E-state index < -0.39 is 18.0 Å². The zero-order chi connectivity index (χ0) is 21.3. The van der Waals surface area contributed by atoms with Gasteiger partial charge in [-0.1, -0.05) is 36.4 Å². The van der Waals surface area contributed by atoms with E-state index in [1.807, 2.05) is 54.6 Å². The lowest BCUT2D eigenvalue weighted by Crippen LogP contribution is -2.30. The summed E-state index contributed by atoms with van der Waals surface area (Å²) < 4.78 is 10.5. The van der Waals surface area contributed by atoms with Crippen LogP contribution in [0, 0.1) is 0 Å². The summed E-state index contributed by atoms with van der Waals surface area (Å²) in [6.07, 6.45) is -1.02. The summed E-state index contributed by atoms with van der Waals surface area (Å²) in [5, 5.41) is 2.71. The number of carbonyl (C=O) groups is 2. The van der Waals surface area contributed by atoms with Crippen LogP contribution in [-0.2, 0) is 9.53 Å². The first-order valence-corrected chi connectivity index (χ1v) is 9.44. The number of pyridine rings is 1. The van der Waals surface area contributed by atoms with Crippen LogP contribution in [0.3, 0.4) is 0 Å². The van der Waals surface area contributed by atoms with E-state index in [-0.39, 0.29) is 0 Å². The number of ether oxygens (including phenoxy) is 2. The van der Waals surface area contributed by atoms with Crippen LogP contribution >= 0.6 is 0 Å². The molecule has 1 heterocycles. The van der Waals surface area contributed by atoms with E-state index in [4.69, 9.17) is 20.2 Å². The number of primary amides is 1. The summed E-state index contributed by atoms with van der Waals surface area (Å²) in [6.45, 7) is 1.45. The standard InChI is InChI=1S/C24H20N2O4/c1-14(23(25)27)30-24(28)20-13-22(26-21-6-4-3-5-19(20)21)17-8-7-16-12-18(29-2)10-9-15(16)11-17/h3-14H,1-2H3,(H2,25,27)/t14-/m1/s1. The molecule has 0 saturated carbocycles. The molecule has 1 amide bonds. The van der Waals surface area contributed by atoms with Crippen LogP contribution in [-0.4, -0.2) is 30.1 Å². The number of esters is 1. The molecule has 2 N–H and O–H groups in total.